The van der Waals surface area contributed by atoms with Crippen LogP contribution in [0.15, 0.2) is 114 Å². The van der Waals surface area contributed by atoms with E-state index < -0.39 is 16.1 Å². The van der Waals surface area contributed by atoms with Gasteiger partial charge in [-0.1, -0.05) is 108 Å². The lowest BCUT2D eigenvalue weighted by atomic mass is 9.94. The summed E-state index contributed by atoms with van der Waals surface area (Å²) in [6, 6.07) is 34.3. The summed E-state index contributed by atoms with van der Waals surface area (Å²) in [5.74, 6) is 0. The van der Waals surface area contributed by atoms with Crippen LogP contribution < -0.4 is 15.6 Å². The van der Waals surface area contributed by atoms with E-state index in [1.54, 1.807) is 24.3 Å². The highest BCUT2D eigenvalue weighted by molar-refractivity contribution is 7.89. The number of nitrogens with one attached hydrogen (secondary N) is 3. The summed E-state index contributed by atoms with van der Waals surface area (Å²) in [5, 5.41) is 3.59. The number of hydrogen-bond acceptors (Lipinski definition) is 5. The Morgan fingerprint density at radius 1 is 0.684 bits per heavy atom. The molecule has 7 heteroatoms. The lowest BCUT2D eigenvalue weighted by Crippen LogP contribution is -2.45. The van der Waals surface area contributed by atoms with E-state index in [2.05, 4.69) is 46.8 Å². The number of hydrazine groups is 1. The molecule has 0 radical (unpaired) electrons. The van der Waals surface area contributed by atoms with Crippen molar-refractivity contribution < 1.29 is 13.2 Å². The smallest absolute Gasteiger partial charge is 0.253 e. The normalized spacial score (nSPS) is 13.2. The van der Waals surface area contributed by atoms with Gasteiger partial charge in [0.15, 0.2) is 0 Å². The Morgan fingerprint density at radius 2 is 1.21 bits per heavy atom. The van der Waals surface area contributed by atoms with Crippen molar-refractivity contribution in [3.8, 4) is 0 Å². The number of aryl methyl sites for hydroxylation is 2. The Hall–Kier alpha value is -3.33. The van der Waals surface area contributed by atoms with Gasteiger partial charge < -0.3 is 10.1 Å². The molecule has 0 saturated heterocycles. The van der Waals surface area contributed by atoms with Gasteiger partial charge in [-0.2, -0.15) is 0 Å². The lowest BCUT2D eigenvalue weighted by molar-refractivity contribution is 0.119. The number of sulfonamides is 1. The Kier molecular flexibility index (Phi) is 9.81. The molecule has 38 heavy (non-hydrogen) atoms. The van der Waals surface area contributed by atoms with E-state index in [0.717, 1.165) is 22.3 Å². The maximum absolute atomic E-state index is 13.1. The SMILES string of the molecule is Cc1ccc(COCCN[C@@H](c2ccccc2)[C@@H](NNS(=O)(=O)c2ccc(C)cc2)c2ccccc2)cc1. The van der Waals surface area contributed by atoms with Crippen LogP contribution in [0, 0.1) is 13.8 Å². The fourth-order valence-electron chi connectivity index (χ4n) is 4.19. The third kappa shape index (κ3) is 7.84. The number of ether oxygens (including phenoxy) is 1. The van der Waals surface area contributed by atoms with Gasteiger partial charge in [0.05, 0.1) is 30.2 Å². The quantitative estimate of drug-likeness (QED) is 0.160. The molecule has 4 aromatic rings. The maximum atomic E-state index is 13.1. The van der Waals surface area contributed by atoms with Crippen molar-refractivity contribution in [3.63, 3.8) is 0 Å². The van der Waals surface area contributed by atoms with Gasteiger partial charge in [-0.15, -0.1) is 4.83 Å². The van der Waals surface area contributed by atoms with E-state index in [9.17, 15) is 8.42 Å². The van der Waals surface area contributed by atoms with Crippen LogP contribution in [0.4, 0.5) is 0 Å². The summed E-state index contributed by atoms with van der Waals surface area (Å²) in [4.78, 5) is 2.83. The van der Waals surface area contributed by atoms with Crippen LogP contribution in [0.3, 0.4) is 0 Å². The van der Waals surface area contributed by atoms with Gasteiger partial charge in [-0.25, -0.2) is 13.8 Å². The van der Waals surface area contributed by atoms with Crippen molar-refractivity contribution in [2.45, 2.75) is 37.4 Å². The molecule has 0 aliphatic heterocycles. The second-order valence-corrected chi connectivity index (χ2v) is 11.0. The van der Waals surface area contributed by atoms with E-state index in [4.69, 9.17) is 4.74 Å². The van der Waals surface area contributed by atoms with E-state index >= 15 is 0 Å². The first-order chi connectivity index (χ1) is 18.4. The lowest BCUT2D eigenvalue weighted by Gasteiger charge is -2.30. The minimum absolute atomic E-state index is 0.205. The molecular weight excluding hydrogens is 494 g/mol. The molecule has 4 aromatic carbocycles. The van der Waals surface area contributed by atoms with Crippen molar-refractivity contribution in [2.75, 3.05) is 13.2 Å². The summed E-state index contributed by atoms with van der Waals surface area (Å²) < 4.78 is 32.1. The van der Waals surface area contributed by atoms with Crippen LogP contribution in [0.25, 0.3) is 0 Å². The molecule has 198 valence electrons. The average Bonchev–Trinajstić information content (AvgIpc) is 2.94. The number of hydrogen-bond donors (Lipinski definition) is 3. The van der Waals surface area contributed by atoms with Gasteiger partial charge in [-0.05, 0) is 42.7 Å². The topological polar surface area (TPSA) is 79.5 Å². The minimum Gasteiger partial charge on any atom is -0.375 e. The van der Waals surface area contributed by atoms with Crippen LogP contribution in [-0.2, 0) is 21.4 Å². The fraction of sp³-hybridized carbons (Fsp3) is 0.226. The zero-order chi connectivity index (χ0) is 26.8. The van der Waals surface area contributed by atoms with Gasteiger partial charge in [0.2, 0.25) is 0 Å². The summed E-state index contributed by atoms with van der Waals surface area (Å²) in [5.41, 5.74) is 8.44. The van der Waals surface area contributed by atoms with E-state index in [-0.39, 0.29) is 10.9 Å². The maximum Gasteiger partial charge on any atom is 0.253 e. The summed E-state index contributed by atoms with van der Waals surface area (Å²) >= 11 is 0. The largest absolute Gasteiger partial charge is 0.375 e. The number of benzene rings is 4. The monoisotopic (exact) mass is 529 g/mol. The summed E-state index contributed by atoms with van der Waals surface area (Å²) in [6.45, 7) is 5.62. The fourth-order valence-corrected chi connectivity index (χ4v) is 5.08. The Bertz CT molecular complexity index is 1360. The van der Waals surface area contributed by atoms with Gasteiger partial charge in [0.1, 0.15) is 0 Å². The molecule has 0 aromatic heterocycles. The molecule has 0 aliphatic carbocycles. The van der Waals surface area contributed by atoms with E-state index in [1.165, 1.54) is 5.56 Å². The van der Waals surface area contributed by atoms with Crippen molar-refractivity contribution >= 4 is 10.0 Å². The molecule has 0 aliphatic rings. The molecule has 6 nitrogen and oxygen atoms in total. The zero-order valence-electron chi connectivity index (χ0n) is 21.8. The number of rotatable bonds is 13. The standard InChI is InChI=1S/C31H35N3O3S/c1-24-13-17-26(18-14-24)23-37-22-21-32-30(27-9-5-3-6-10-27)31(28-11-7-4-8-12-28)33-34-38(35,36)29-19-15-25(2)16-20-29/h3-20,30-34H,21-23H2,1-2H3/t30-,31-/m0/s1. The zero-order valence-corrected chi connectivity index (χ0v) is 22.6. The van der Waals surface area contributed by atoms with E-state index in [1.807, 2.05) is 67.6 Å². The van der Waals surface area contributed by atoms with Crippen molar-refractivity contribution in [2.24, 2.45) is 0 Å². The predicted molar refractivity (Wildman–Crippen MR) is 152 cm³/mol. The molecule has 3 N–H and O–H groups in total. The average molecular weight is 530 g/mol. The van der Waals surface area contributed by atoms with Gasteiger partial charge in [-0.3, -0.25) is 0 Å². The van der Waals surface area contributed by atoms with Crippen LogP contribution in [-0.4, -0.2) is 21.6 Å². The molecule has 0 unspecified atom stereocenters. The van der Waals surface area contributed by atoms with Crippen LogP contribution in [0.1, 0.15) is 39.9 Å². The third-order valence-electron chi connectivity index (χ3n) is 6.33. The summed E-state index contributed by atoms with van der Waals surface area (Å²) in [6.07, 6.45) is 0. The molecule has 0 bridgehead atoms. The van der Waals surface area contributed by atoms with Crippen molar-refractivity contribution in [1.82, 2.24) is 15.6 Å². The first-order valence-electron chi connectivity index (χ1n) is 12.7. The highest BCUT2D eigenvalue weighted by Gasteiger charge is 2.26. The van der Waals surface area contributed by atoms with Crippen LogP contribution >= 0.6 is 0 Å². The van der Waals surface area contributed by atoms with Gasteiger partial charge in [0, 0.05) is 6.54 Å². The molecule has 0 heterocycles. The van der Waals surface area contributed by atoms with E-state index in [0.29, 0.717) is 19.8 Å². The highest BCUT2D eigenvalue weighted by atomic mass is 32.2. The first kappa shape index (κ1) is 27.7. The molecule has 0 amide bonds. The molecule has 2 atom stereocenters. The van der Waals surface area contributed by atoms with Gasteiger partial charge >= 0.3 is 0 Å². The van der Waals surface area contributed by atoms with Gasteiger partial charge in [0.25, 0.3) is 10.0 Å². The Labute approximate surface area is 226 Å². The second-order valence-electron chi connectivity index (χ2n) is 9.33. The molecule has 0 saturated carbocycles. The predicted octanol–water partition coefficient (Wildman–Crippen LogP) is 5.38. The molecule has 0 spiro atoms. The first-order valence-corrected chi connectivity index (χ1v) is 14.2. The molecule has 0 fully saturated rings. The Balaban J connectivity index is 1.50. The van der Waals surface area contributed by atoms with Crippen molar-refractivity contribution in [1.29, 1.82) is 0 Å². The van der Waals surface area contributed by atoms with Crippen molar-refractivity contribution in [3.05, 3.63) is 137 Å². The minimum atomic E-state index is -3.77. The third-order valence-corrected chi connectivity index (χ3v) is 7.61. The molecular formula is C31H35N3O3S. The summed E-state index contributed by atoms with van der Waals surface area (Å²) in [7, 11) is -3.77. The van der Waals surface area contributed by atoms with Crippen LogP contribution in [0.2, 0.25) is 0 Å². The molecule has 4 rings (SSSR count). The highest BCUT2D eigenvalue weighted by Crippen LogP contribution is 2.29. The second kappa shape index (κ2) is 13.5. The Morgan fingerprint density at radius 3 is 1.79 bits per heavy atom. The van der Waals surface area contributed by atoms with Crippen LogP contribution in [0.5, 0.6) is 0 Å².